The summed E-state index contributed by atoms with van der Waals surface area (Å²) in [7, 11) is 0. The number of anilines is 1. The van der Waals surface area contributed by atoms with Crippen molar-refractivity contribution < 1.29 is 4.79 Å². The fourth-order valence-corrected chi connectivity index (χ4v) is 1.95. The second kappa shape index (κ2) is 4.13. The molecule has 0 amide bonds. The van der Waals surface area contributed by atoms with E-state index in [-0.39, 0.29) is 5.78 Å². The number of hydrogen-bond acceptors (Lipinski definition) is 2. The lowest BCUT2D eigenvalue weighted by atomic mass is 10.3. The number of carbonyl (C=O) groups is 1. The average molecular weight is 299 g/mol. The summed E-state index contributed by atoms with van der Waals surface area (Å²) in [4.78, 5) is 11.0. The molecule has 72 valence electrons. The van der Waals surface area contributed by atoms with Crippen LogP contribution in [0.4, 0.5) is 5.69 Å². The highest BCUT2D eigenvalue weighted by atomic mass is 127. The number of hydrogen-bond donors (Lipinski definition) is 1. The maximum absolute atomic E-state index is 11.0. The lowest BCUT2D eigenvalue weighted by Gasteiger charge is -2.07. The van der Waals surface area contributed by atoms with E-state index in [9.17, 15) is 4.79 Å². The number of benzene rings is 1. The predicted octanol–water partition coefficient (Wildman–Crippen LogP) is 2.95. The summed E-state index contributed by atoms with van der Waals surface area (Å²) in [5, 5.41) is 3.27. The van der Waals surface area contributed by atoms with Crippen LogP contribution in [0.3, 0.4) is 0 Å². The molecule has 0 unspecified atom stereocenters. The molecular formula is C11H10INO. The van der Waals surface area contributed by atoms with Crippen molar-refractivity contribution in [1.29, 1.82) is 0 Å². The summed E-state index contributed by atoms with van der Waals surface area (Å²) in [6.07, 6.45) is 3.18. The molecule has 0 saturated heterocycles. The summed E-state index contributed by atoms with van der Waals surface area (Å²) in [6, 6.07) is 8.05. The molecule has 0 heterocycles. The highest BCUT2D eigenvalue weighted by molar-refractivity contribution is 14.1. The number of carbonyl (C=O) groups excluding carboxylic acids is 1. The molecule has 0 spiro atoms. The van der Waals surface area contributed by atoms with Gasteiger partial charge in [-0.3, -0.25) is 4.79 Å². The van der Waals surface area contributed by atoms with E-state index in [0.717, 1.165) is 17.8 Å². The van der Waals surface area contributed by atoms with Crippen molar-refractivity contribution in [3.05, 3.63) is 39.6 Å². The third-order valence-corrected chi connectivity index (χ3v) is 3.09. The van der Waals surface area contributed by atoms with Crippen molar-refractivity contribution in [2.24, 2.45) is 0 Å². The van der Waals surface area contributed by atoms with Gasteiger partial charge in [-0.25, -0.2) is 0 Å². The van der Waals surface area contributed by atoms with Gasteiger partial charge in [0.1, 0.15) is 0 Å². The second-order valence-electron chi connectivity index (χ2n) is 3.24. The van der Waals surface area contributed by atoms with E-state index in [0.29, 0.717) is 6.42 Å². The molecule has 14 heavy (non-hydrogen) atoms. The zero-order valence-corrected chi connectivity index (χ0v) is 9.74. The number of allylic oxidation sites excluding steroid dienone is 2. The molecule has 3 heteroatoms. The average Bonchev–Trinajstić information content (AvgIpc) is 2.56. The van der Waals surface area contributed by atoms with Crippen LogP contribution in [-0.4, -0.2) is 5.78 Å². The third kappa shape index (κ3) is 2.15. The summed E-state index contributed by atoms with van der Waals surface area (Å²) in [6.45, 7) is 0. The van der Waals surface area contributed by atoms with Gasteiger partial charge in [0, 0.05) is 21.8 Å². The number of nitrogens with one attached hydrogen (secondary N) is 1. The number of rotatable bonds is 2. The van der Waals surface area contributed by atoms with Gasteiger partial charge in [-0.15, -0.1) is 0 Å². The minimum atomic E-state index is 0.221. The molecule has 0 bridgehead atoms. The molecule has 0 aliphatic heterocycles. The molecular weight excluding hydrogens is 289 g/mol. The van der Waals surface area contributed by atoms with Crippen molar-refractivity contribution >= 4 is 34.1 Å². The maximum Gasteiger partial charge on any atom is 0.157 e. The normalized spacial score (nSPS) is 15.5. The first-order valence-corrected chi connectivity index (χ1v) is 5.58. The van der Waals surface area contributed by atoms with E-state index >= 15 is 0 Å². The Morgan fingerprint density at radius 2 is 2.00 bits per heavy atom. The molecule has 1 aliphatic rings. The minimum Gasteiger partial charge on any atom is -0.358 e. The Morgan fingerprint density at radius 1 is 1.21 bits per heavy atom. The van der Waals surface area contributed by atoms with Crippen LogP contribution >= 0.6 is 22.6 Å². The lowest BCUT2D eigenvalue weighted by molar-refractivity contribution is -0.114. The zero-order valence-electron chi connectivity index (χ0n) is 7.59. The number of halogens is 1. The van der Waals surface area contributed by atoms with Crippen LogP contribution in [0.25, 0.3) is 0 Å². The maximum atomic E-state index is 11.0. The van der Waals surface area contributed by atoms with Crippen molar-refractivity contribution in [2.45, 2.75) is 12.8 Å². The van der Waals surface area contributed by atoms with Crippen LogP contribution in [0.2, 0.25) is 0 Å². The molecule has 0 radical (unpaired) electrons. The standard InChI is InChI=1S/C11H10INO/c12-10-3-1-2-4-11(10)13-8-5-6-9(14)7-8/h1-4,7,13H,5-6H2. The van der Waals surface area contributed by atoms with E-state index < -0.39 is 0 Å². The molecule has 1 aromatic carbocycles. The van der Waals surface area contributed by atoms with Crippen molar-refractivity contribution in [3.63, 3.8) is 0 Å². The van der Waals surface area contributed by atoms with Gasteiger partial charge >= 0.3 is 0 Å². The highest BCUT2D eigenvalue weighted by Gasteiger charge is 2.12. The van der Waals surface area contributed by atoms with Crippen molar-refractivity contribution in [3.8, 4) is 0 Å². The van der Waals surface area contributed by atoms with E-state index in [1.807, 2.05) is 24.3 Å². The number of ketones is 1. The molecule has 1 N–H and O–H groups in total. The van der Waals surface area contributed by atoms with E-state index in [1.165, 1.54) is 3.57 Å². The third-order valence-electron chi connectivity index (χ3n) is 2.15. The fourth-order valence-electron chi connectivity index (χ4n) is 1.43. The Morgan fingerprint density at radius 3 is 2.64 bits per heavy atom. The van der Waals surface area contributed by atoms with Crippen LogP contribution in [0.1, 0.15) is 12.8 Å². The molecule has 1 aliphatic carbocycles. The Hall–Kier alpha value is -0.840. The van der Waals surface area contributed by atoms with Crippen LogP contribution in [-0.2, 0) is 4.79 Å². The molecule has 0 atom stereocenters. The Kier molecular flexibility index (Phi) is 2.86. The van der Waals surface area contributed by atoms with Gasteiger partial charge < -0.3 is 5.32 Å². The monoisotopic (exact) mass is 299 g/mol. The van der Waals surface area contributed by atoms with Crippen molar-refractivity contribution in [2.75, 3.05) is 5.32 Å². The van der Waals surface area contributed by atoms with E-state index in [4.69, 9.17) is 0 Å². The summed E-state index contributed by atoms with van der Waals surface area (Å²) >= 11 is 2.28. The van der Waals surface area contributed by atoms with Gasteiger partial charge in [-0.2, -0.15) is 0 Å². The van der Waals surface area contributed by atoms with Crippen molar-refractivity contribution in [1.82, 2.24) is 0 Å². The fraction of sp³-hybridized carbons (Fsp3) is 0.182. The quantitative estimate of drug-likeness (QED) is 0.851. The second-order valence-corrected chi connectivity index (χ2v) is 4.40. The highest BCUT2D eigenvalue weighted by Crippen LogP contribution is 2.22. The van der Waals surface area contributed by atoms with Gasteiger partial charge in [0.05, 0.1) is 5.69 Å². The molecule has 0 fully saturated rings. The molecule has 0 saturated carbocycles. The first kappa shape index (κ1) is 9.71. The summed E-state index contributed by atoms with van der Waals surface area (Å²) in [5.41, 5.74) is 2.10. The lowest BCUT2D eigenvalue weighted by Crippen LogP contribution is -1.97. The van der Waals surface area contributed by atoms with Crippen LogP contribution in [0.5, 0.6) is 0 Å². The van der Waals surface area contributed by atoms with Gasteiger partial charge in [-0.1, -0.05) is 12.1 Å². The minimum absolute atomic E-state index is 0.221. The van der Waals surface area contributed by atoms with E-state index in [1.54, 1.807) is 6.08 Å². The summed E-state index contributed by atoms with van der Waals surface area (Å²) in [5.74, 6) is 0.221. The predicted molar refractivity (Wildman–Crippen MR) is 65.1 cm³/mol. The van der Waals surface area contributed by atoms with Crippen LogP contribution < -0.4 is 5.32 Å². The van der Waals surface area contributed by atoms with Crippen LogP contribution in [0.15, 0.2) is 36.0 Å². The first-order chi connectivity index (χ1) is 6.75. The van der Waals surface area contributed by atoms with Gasteiger partial charge in [0.15, 0.2) is 5.78 Å². The topological polar surface area (TPSA) is 29.1 Å². The Bertz CT molecular complexity index is 398. The van der Waals surface area contributed by atoms with Gasteiger partial charge in [0.2, 0.25) is 0 Å². The largest absolute Gasteiger partial charge is 0.358 e. The number of para-hydroxylation sites is 1. The van der Waals surface area contributed by atoms with E-state index in [2.05, 4.69) is 27.9 Å². The first-order valence-electron chi connectivity index (χ1n) is 4.50. The Balaban J connectivity index is 2.15. The smallest absolute Gasteiger partial charge is 0.157 e. The van der Waals surface area contributed by atoms with Gasteiger partial charge in [0.25, 0.3) is 0 Å². The molecule has 1 aromatic rings. The van der Waals surface area contributed by atoms with Crippen LogP contribution in [0, 0.1) is 3.57 Å². The zero-order chi connectivity index (χ0) is 9.97. The SMILES string of the molecule is O=C1C=C(Nc2ccccc2I)CC1. The summed E-state index contributed by atoms with van der Waals surface area (Å²) < 4.78 is 1.17. The Labute approximate surface area is 96.5 Å². The van der Waals surface area contributed by atoms with Gasteiger partial charge in [-0.05, 0) is 41.1 Å². The molecule has 0 aromatic heterocycles. The molecule has 2 rings (SSSR count). The molecule has 2 nitrogen and oxygen atoms in total.